The molecule has 0 saturated carbocycles. The lowest BCUT2D eigenvalue weighted by Gasteiger charge is -2.24. The van der Waals surface area contributed by atoms with Crippen LogP contribution in [0.1, 0.15) is 24.5 Å². The van der Waals surface area contributed by atoms with Crippen LogP contribution >= 0.6 is 22.6 Å². The van der Waals surface area contributed by atoms with Crippen LogP contribution in [0.25, 0.3) is 27.5 Å². The number of fused-ring (bicyclic) bond motifs is 2. The van der Waals surface area contributed by atoms with Crippen LogP contribution in [0.3, 0.4) is 0 Å². The van der Waals surface area contributed by atoms with Crippen LogP contribution in [0.15, 0.2) is 77.8 Å². The first kappa shape index (κ1) is 22.7. The van der Waals surface area contributed by atoms with E-state index in [1.807, 2.05) is 12.1 Å². The van der Waals surface area contributed by atoms with Gasteiger partial charge in [-0.15, -0.1) is 0 Å². The fraction of sp³-hybridized carbons (Fsp3) is 0.192. The summed E-state index contributed by atoms with van der Waals surface area (Å²) < 4.78 is 50.4. The third-order valence-corrected chi connectivity index (χ3v) is 9.31. The lowest BCUT2D eigenvalue weighted by Crippen LogP contribution is -2.17. The highest BCUT2D eigenvalue weighted by Crippen LogP contribution is 2.40. The minimum atomic E-state index is -3.85. The van der Waals surface area contributed by atoms with Gasteiger partial charge in [0.05, 0.1) is 22.1 Å². The second-order valence-electron chi connectivity index (χ2n) is 8.63. The summed E-state index contributed by atoms with van der Waals surface area (Å²) in [6.45, 7) is 1.38. The molecule has 1 saturated heterocycles. The Balaban J connectivity index is 1.62. The Labute approximate surface area is 215 Å². The molecule has 0 amide bonds. The third-order valence-electron chi connectivity index (χ3n) is 6.56. The maximum atomic E-state index is 13.7. The van der Waals surface area contributed by atoms with Gasteiger partial charge in [0.2, 0.25) is 0 Å². The van der Waals surface area contributed by atoms with Crippen molar-refractivity contribution in [2.75, 3.05) is 13.2 Å². The fourth-order valence-electron chi connectivity index (χ4n) is 4.85. The zero-order chi connectivity index (χ0) is 24.2. The van der Waals surface area contributed by atoms with E-state index >= 15 is 0 Å². The number of nitrogens with zero attached hydrogens (tertiary/aromatic N) is 3. The molecule has 6 nitrogen and oxygen atoms in total. The van der Waals surface area contributed by atoms with E-state index in [2.05, 4.69) is 32.3 Å². The van der Waals surface area contributed by atoms with Crippen molar-refractivity contribution < 1.29 is 17.5 Å². The van der Waals surface area contributed by atoms with Crippen LogP contribution in [0.2, 0.25) is 0 Å². The number of ether oxygens (including phenoxy) is 1. The molecular formula is C26H21FIN3O3S. The number of benzene rings is 3. The fourth-order valence-corrected chi connectivity index (χ4v) is 7.25. The van der Waals surface area contributed by atoms with E-state index < -0.39 is 10.0 Å². The molecular weight excluding hydrogens is 580 g/mol. The zero-order valence-electron chi connectivity index (χ0n) is 18.6. The van der Waals surface area contributed by atoms with E-state index in [0.717, 1.165) is 42.8 Å². The highest BCUT2D eigenvalue weighted by atomic mass is 127. The van der Waals surface area contributed by atoms with Crippen molar-refractivity contribution in [3.8, 4) is 5.69 Å². The largest absolute Gasteiger partial charge is 0.381 e. The van der Waals surface area contributed by atoms with Gasteiger partial charge >= 0.3 is 0 Å². The van der Waals surface area contributed by atoms with Crippen LogP contribution in [-0.4, -0.2) is 35.4 Å². The summed E-state index contributed by atoms with van der Waals surface area (Å²) in [7, 11) is -3.85. The molecule has 35 heavy (non-hydrogen) atoms. The van der Waals surface area contributed by atoms with Crippen molar-refractivity contribution in [1.29, 1.82) is 0 Å². The van der Waals surface area contributed by atoms with Gasteiger partial charge in [-0.2, -0.15) is 17.6 Å². The molecule has 0 radical (unpaired) electrons. The van der Waals surface area contributed by atoms with Crippen LogP contribution in [0.5, 0.6) is 0 Å². The van der Waals surface area contributed by atoms with Crippen molar-refractivity contribution in [3.05, 3.63) is 88.0 Å². The van der Waals surface area contributed by atoms with Crippen LogP contribution < -0.4 is 0 Å². The summed E-state index contributed by atoms with van der Waals surface area (Å²) in [5, 5.41) is 5.91. The Morgan fingerprint density at radius 2 is 1.69 bits per heavy atom. The maximum absolute atomic E-state index is 13.7. The normalized spacial score (nSPS) is 15.3. The van der Waals surface area contributed by atoms with E-state index in [4.69, 9.17) is 4.74 Å². The van der Waals surface area contributed by atoms with E-state index in [1.54, 1.807) is 48.7 Å². The molecule has 0 atom stereocenters. The molecule has 0 aliphatic carbocycles. The molecule has 0 bridgehead atoms. The van der Waals surface area contributed by atoms with Gasteiger partial charge in [0, 0.05) is 44.9 Å². The summed E-state index contributed by atoms with van der Waals surface area (Å²) in [5.74, 6) is -0.0110. The minimum absolute atomic E-state index is 0.187. The topological polar surface area (TPSA) is 66.1 Å². The van der Waals surface area contributed by atoms with Crippen LogP contribution in [0, 0.1) is 9.39 Å². The lowest BCUT2D eigenvalue weighted by molar-refractivity contribution is 0.0841. The van der Waals surface area contributed by atoms with Gasteiger partial charge in [-0.1, -0.05) is 18.2 Å². The van der Waals surface area contributed by atoms with Gasteiger partial charge in [0.15, 0.2) is 0 Å². The van der Waals surface area contributed by atoms with Gasteiger partial charge in [-0.25, -0.2) is 4.39 Å². The Morgan fingerprint density at radius 1 is 0.971 bits per heavy atom. The lowest BCUT2D eigenvalue weighted by atomic mass is 9.96. The molecule has 0 unspecified atom stereocenters. The van der Waals surface area contributed by atoms with E-state index in [9.17, 15) is 12.8 Å². The van der Waals surface area contributed by atoms with Gasteiger partial charge in [-0.3, -0.25) is 0 Å². The first-order valence-corrected chi connectivity index (χ1v) is 13.8. The standard InChI is InChI=1S/C26H21FIN3O3S/c27-19-6-8-20(9-7-19)30-24-14-18-16-29-31(35(32,33)21-4-2-1-3-5-21)23(18)15-22(24)25(28)26(30)17-10-12-34-13-11-17/h1-9,14-17H,10-13H2. The average molecular weight is 601 g/mol. The molecule has 0 N–H and O–H groups in total. The third kappa shape index (κ3) is 3.76. The second kappa shape index (κ2) is 8.72. The van der Waals surface area contributed by atoms with Gasteiger partial charge in [-0.05, 0) is 84.0 Å². The maximum Gasteiger partial charge on any atom is 0.283 e. The zero-order valence-corrected chi connectivity index (χ0v) is 21.5. The Kier molecular flexibility index (Phi) is 5.65. The predicted molar refractivity (Wildman–Crippen MR) is 141 cm³/mol. The number of halogens is 2. The smallest absolute Gasteiger partial charge is 0.283 e. The molecule has 6 rings (SSSR count). The number of hydrogen-bond acceptors (Lipinski definition) is 4. The Hall–Kier alpha value is -2.76. The van der Waals surface area contributed by atoms with Crippen LogP contribution in [0.4, 0.5) is 4.39 Å². The molecule has 1 aliphatic rings. The first-order valence-electron chi connectivity index (χ1n) is 11.3. The number of aromatic nitrogens is 3. The molecule has 9 heteroatoms. The monoisotopic (exact) mass is 601 g/mol. The van der Waals surface area contributed by atoms with E-state index in [0.29, 0.717) is 24.1 Å². The average Bonchev–Trinajstić information content (AvgIpc) is 3.43. The first-order chi connectivity index (χ1) is 16.9. The summed E-state index contributed by atoms with van der Waals surface area (Å²) >= 11 is 2.36. The summed E-state index contributed by atoms with van der Waals surface area (Å²) in [6.07, 6.45) is 3.37. The SMILES string of the molecule is O=S(=O)(c1ccccc1)n1ncc2cc3c(cc21)c(I)c(C1CCOCC1)n3-c1ccc(F)cc1. The van der Waals surface area contributed by atoms with E-state index in [-0.39, 0.29) is 16.6 Å². The van der Waals surface area contributed by atoms with Gasteiger partial charge in [0.1, 0.15) is 5.82 Å². The Bertz CT molecular complexity index is 1660. The molecule has 0 spiro atoms. The quantitative estimate of drug-likeness (QED) is 0.243. The highest BCUT2D eigenvalue weighted by molar-refractivity contribution is 14.1. The summed E-state index contributed by atoms with van der Waals surface area (Å²) in [6, 6.07) is 18.7. The predicted octanol–water partition coefficient (Wildman–Crippen LogP) is 5.85. The molecule has 3 heterocycles. The Morgan fingerprint density at radius 3 is 2.40 bits per heavy atom. The van der Waals surface area contributed by atoms with Gasteiger partial charge in [0.25, 0.3) is 10.0 Å². The molecule has 3 aromatic carbocycles. The van der Waals surface area contributed by atoms with Crippen molar-refractivity contribution >= 4 is 54.4 Å². The van der Waals surface area contributed by atoms with Crippen molar-refractivity contribution in [2.24, 2.45) is 0 Å². The van der Waals surface area contributed by atoms with Crippen LogP contribution in [-0.2, 0) is 14.8 Å². The second-order valence-corrected chi connectivity index (χ2v) is 11.5. The molecule has 1 aliphatic heterocycles. The highest BCUT2D eigenvalue weighted by Gasteiger charge is 2.28. The molecule has 178 valence electrons. The summed E-state index contributed by atoms with van der Waals surface area (Å²) in [5.41, 5.74) is 3.47. The van der Waals surface area contributed by atoms with Crippen molar-refractivity contribution in [2.45, 2.75) is 23.7 Å². The molecule has 1 fully saturated rings. The van der Waals surface area contributed by atoms with Crippen molar-refractivity contribution in [1.82, 2.24) is 13.8 Å². The van der Waals surface area contributed by atoms with Gasteiger partial charge < -0.3 is 9.30 Å². The number of rotatable bonds is 4. The minimum Gasteiger partial charge on any atom is -0.381 e. The van der Waals surface area contributed by atoms with E-state index in [1.165, 1.54) is 12.1 Å². The molecule has 2 aromatic heterocycles. The number of hydrogen-bond donors (Lipinski definition) is 0. The molecule has 5 aromatic rings. The summed E-state index contributed by atoms with van der Waals surface area (Å²) in [4.78, 5) is 0.187. The van der Waals surface area contributed by atoms with Crippen molar-refractivity contribution in [3.63, 3.8) is 0 Å².